The predicted molar refractivity (Wildman–Crippen MR) is 95.4 cm³/mol. The highest BCUT2D eigenvalue weighted by Crippen LogP contribution is 2.40. The van der Waals surface area contributed by atoms with Crippen LogP contribution in [0.3, 0.4) is 0 Å². The van der Waals surface area contributed by atoms with Crippen LogP contribution in [0.1, 0.15) is 43.9 Å². The topological polar surface area (TPSA) is 64.3 Å². The smallest absolute Gasteiger partial charge is 0.132 e. The van der Waals surface area contributed by atoms with Gasteiger partial charge < -0.3 is 15.4 Å². The number of hydrogen-bond acceptors (Lipinski definition) is 5. The first-order chi connectivity index (χ1) is 11.6. The van der Waals surface area contributed by atoms with Gasteiger partial charge in [-0.15, -0.1) is 0 Å². The molecule has 5 nitrogen and oxygen atoms in total. The van der Waals surface area contributed by atoms with Crippen molar-refractivity contribution in [2.45, 2.75) is 44.6 Å². The summed E-state index contributed by atoms with van der Waals surface area (Å²) in [5.74, 6) is 1.92. The largest absolute Gasteiger partial charge is 0.488 e. The molecule has 1 aliphatic carbocycles. The molecule has 1 aliphatic heterocycles. The Morgan fingerprint density at radius 1 is 1.17 bits per heavy atom. The molecule has 2 aromatic rings. The van der Waals surface area contributed by atoms with Crippen LogP contribution in [-0.4, -0.2) is 28.7 Å². The van der Waals surface area contributed by atoms with Gasteiger partial charge in [0.15, 0.2) is 0 Å². The predicted octanol–water partition coefficient (Wildman–Crippen LogP) is 3.18. The van der Waals surface area contributed by atoms with E-state index >= 15 is 0 Å². The summed E-state index contributed by atoms with van der Waals surface area (Å²) in [6.07, 6.45) is 7.08. The van der Waals surface area contributed by atoms with Gasteiger partial charge in [0, 0.05) is 31.3 Å². The average Bonchev–Trinajstić information content (AvgIpc) is 3.08. The normalized spacial score (nSPS) is 18.6. The van der Waals surface area contributed by atoms with Crippen LogP contribution < -0.4 is 15.4 Å². The molecule has 0 atom stereocenters. The number of hydrogen-bond donors (Lipinski definition) is 1. The van der Waals surface area contributed by atoms with Gasteiger partial charge in [-0.1, -0.05) is 0 Å². The van der Waals surface area contributed by atoms with Crippen molar-refractivity contribution in [3.05, 3.63) is 41.9 Å². The molecule has 24 heavy (non-hydrogen) atoms. The van der Waals surface area contributed by atoms with Crippen LogP contribution >= 0.6 is 0 Å². The minimum Gasteiger partial charge on any atom is -0.488 e. The second kappa shape index (κ2) is 5.96. The van der Waals surface area contributed by atoms with Gasteiger partial charge in [-0.3, -0.25) is 0 Å². The van der Waals surface area contributed by atoms with Crippen molar-refractivity contribution < 1.29 is 4.74 Å². The highest BCUT2D eigenvalue weighted by molar-refractivity contribution is 5.52. The van der Waals surface area contributed by atoms with Crippen LogP contribution in [-0.2, 0) is 6.42 Å². The van der Waals surface area contributed by atoms with Crippen molar-refractivity contribution in [1.82, 2.24) is 9.97 Å². The molecule has 0 unspecified atom stereocenters. The molecule has 0 bridgehead atoms. The van der Waals surface area contributed by atoms with Gasteiger partial charge in [0.1, 0.15) is 23.5 Å². The number of aromatic nitrogens is 2. The van der Waals surface area contributed by atoms with Crippen molar-refractivity contribution >= 4 is 11.5 Å². The first-order valence-corrected chi connectivity index (χ1v) is 8.75. The molecular formula is C19H24N4O. The van der Waals surface area contributed by atoms with Crippen molar-refractivity contribution in [1.29, 1.82) is 0 Å². The van der Waals surface area contributed by atoms with E-state index in [4.69, 9.17) is 10.5 Å². The fourth-order valence-corrected chi connectivity index (χ4v) is 3.16. The Hall–Kier alpha value is -2.30. The van der Waals surface area contributed by atoms with Gasteiger partial charge in [-0.25, -0.2) is 9.97 Å². The number of nitrogens with zero attached hydrogens (tertiary/aromatic N) is 3. The van der Waals surface area contributed by atoms with Crippen LogP contribution in [0.15, 0.2) is 30.6 Å². The van der Waals surface area contributed by atoms with Crippen LogP contribution in [0.4, 0.5) is 11.5 Å². The molecule has 2 N–H and O–H groups in total. The number of rotatable bonds is 5. The average molecular weight is 324 g/mol. The van der Waals surface area contributed by atoms with Crippen LogP contribution in [0, 0.1) is 0 Å². The number of anilines is 2. The summed E-state index contributed by atoms with van der Waals surface area (Å²) < 4.78 is 6.05. The first-order valence-electron chi connectivity index (χ1n) is 8.75. The Kier molecular flexibility index (Phi) is 3.79. The van der Waals surface area contributed by atoms with E-state index < -0.39 is 0 Å². The standard InChI is InChI=1S/C19H24N4O/c1-19(6-7-19)24-16-4-5-17(20)14(11-16)10-15-12-18(22-13-21-15)23-8-2-3-9-23/h4-5,11-13H,2-3,6-10,20H2,1H3. The van der Waals surface area contributed by atoms with Crippen molar-refractivity contribution in [3.63, 3.8) is 0 Å². The highest BCUT2D eigenvalue weighted by atomic mass is 16.5. The highest BCUT2D eigenvalue weighted by Gasteiger charge is 2.40. The Labute approximate surface area is 142 Å². The number of benzene rings is 1. The summed E-state index contributed by atoms with van der Waals surface area (Å²) in [5.41, 5.74) is 9.02. The second-order valence-electron chi connectivity index (χ2n) is 7.15. The van der Waals surface area contributed by atoms with Gasteiger partial charge in [0.05, 0.1) is 5.69 Å². The van der Waals surface area contributed by atoms with Gasteiger partial charge in [-0.2, -0.15) is 0 Å². The zero-order valence-corrected chi connectivity index (χ0v) is 14.2. The molecule has 0 radical (unpaired) electrons. The first kappa shape index (κ1) is 15.2. The van der Waals surface area contributed by atoms with Crippen molar-refractivity contribution in [3.8, 4) is 5.75 Å². The quantitative estimate of drug-likeness (QED) is 0.856. The molecule has 126 valence electrons. The van der Waals surface area contributed by atoms with Crippen molar-refractivity contribution in [2.24, 2.45) is 0 Å². The third-order valence-electron chi connectivity index (χ3n) is 4.94. The molecule has 2 aliphatic rings. The summed E-state index contributed by atoms with van der Waals surface area (Å²) in [4.78, 5) is 11.2. The molecule has 1 saturated heterocycles. The van der Waals surface area contributed by atoms with E-state index in [2.05, 4.69) is 33.9 Å². The number of nitrogen functional groups attached to an aromatic ring is 1. The van der Waals surface area contributed by atoms with Crippen molar-refractivity contribution in [2.75, 3.05) is 23.7 Å². The SMILES string of the molecule is CC1(Oc2ccc(N)c(Cc3cc(N4CCCC4)ncn3)c2)CC1. The third-order valence-corrected chi connectivity index (χ3v) is 4.94. The van der Waals surface area contributed by atoms with E-state index in [9.17, 15) is 0 Å². The lowest BCUT2D eigenvalue weighted by atomic mass is 10.1. The van der Waals surface area contributed by atoms with E-state index in [0.717, 1.165) is 54.4 Å². The molecule has 2 heterocycles. The molecule has 5 heteroatoms. The Bertz CT molecular complexity index is 736. The molecule has 1 saturated carbocycles. The van der Waals surface area contributed by atoms with Gasteiger partial charge in [0.25, 0.3) is 0 Å². The molecule has 0 amide bonds. The zero-order chi connectivity index (χ0) is 16.6. The lowest BCUT2D eigenvalue weighted by molar-refractivity contribution is 0.200. The third kappa shape index (κ3) is 3.30. The maximum absolute atomic E-state index is 6.17. The summed E-state index contributed by atoms with van der Waals surface area (Å²) in [6.45, 7) is 4.32. The Morgan fingerprint density at radius 3 is 2.71 bits per heavy atom. The maximum atomic E-state index is 6.17. The minimum atomic E-state index is 0.0191. The van der Waals surface area contributed by atoms with E-state index in [1.807, 2.05) is 12.1 Å². The van der Waals surface area contributed by atoms with Crippen LogP contribution in [0.5, 0.6) is 5.75 Å². The van der Waals surface area contributed by atoms with E-state index in [1.165, 1.54) is 12.8 Å². The van der Waals surface area contributed by atoms with Gasteiger partial charge >= 0.3 is 0 Å². The molecular weight excluding hydrogens is 300 g/mol. The summed E-state index contributed by atoms with van der Waals surface area (Å²) >= 11 is 0. The Morgan fingerprint density at radius 2 is 1.96 bits per heavy atom. The summed E-state index contributed by atoms with van der Waals surface area (Å²) in [6, 6.07) is 8.02. The summed E-state index contributed by atoms with van der Waals surface area (Å²) in [7, 11) is 0. The van der Waals surface area contributed by atoms with Crippen LogP contribution in [0.2, 0.25) is 0 Å². The molecule has 2 fully saturated rings. The fraction of sp³-hybridized carbons (Fsp3) is 0.474. The maximum Gasteiger partial charge on any atom is 0.132 e. The molecule has 4 rings (SSSR count). The number of ether oxygens (including phenoxy) is 1. The van der Waals surface area contributed by atoms with E-state index in [-0.39, 0.29) is 5.60 Å². The summed E-state index contributed by atoms with van der Waals surface area (Å²) in [5, 5.41) is 0. The van der Waals surface area contributed by atoms with Gasteiger partial charge in [-0.05, 0) is 56.4 Å². The molecule has 0 spiro atoms. The zero-order valence-electron chi connectivity index (χ0n) is 14.2. The molecule has 1 aromatic carbocycles. The van der Waals surface area contributed by atoms with Crippen LogP contribution in [0.25, 0.3) is 0 Å². The monoisotopic (exact) mass is 324 g/mol. The lowest BCUT2D eigenvalue weighted by Crippen LogP contribution is -2.19. The van der Waals surface area contributed by atoms with E-state index in [0.29, 0.717) is 6.42 Å². The Balaban J connectivity index is 1.53. The van der Waals surface area contributed by atoms with E-state index in [1.54, 1.807) is 6.33 Å². The minimum absolute atomic E-state index is 0.0191. The fourth-order valence-electron chi connectivity index (χ4n) is 3.16. The lowest BCUT2D eigenvalue weighted by Gasteiger charge is -2.17. The van der Waals surface area contributed by atoms with Gasteiger partial charge in [0.2, 0.25) is 0 Å². The molecule has 1 aromatic heterocycles. The second-order valence-corrected chi connectivity index (χ2v) is 7.15. The number of nitrogens with two attached hydrogens (primary N) is 1.